The third-order valence-corrected chi connectivity index (χ3v) is 4.02. The summed E-state index contributed by atoms with van der Waals surface area (Å²) < 4.78 is 3.11. The third-order valence-electron chi connectivity index (χ3n) is 3.36. The smallest absolute Gasteiger partial charge is 0.0635 e. The van der Waals surface area contributed by atoms with E-state index in [9.17, 15) is 0 Å². The van der Waals surface area contributed by atoms with Gasteiger partial charge in [-0.25, -0.2) is 0 Å². The highest BCUT2D eigenvalue weighted by Crippen LogP contribution is 2.34. The van der Waals surface area contributed by atoms with Gasteiger partial charge >= 0.3 is 0 Å². The molecule has 1 aromatic heterocycles. The highest BCUT2D eigenvalue weighted by atomic mass is 79.9. The number of hydrogen-bond donors (Lipinski definition) is 1. The lowest BCUT2D eigenvalue weighted by Crippen LogP contribution is -2.31. The average Bonchev–Trinajstić information content (AvgIpc) is 3.04. The molecule has 0 aromatic carbocycles. The van der Waals surface area contributed by atoms with Gasteiger partial charge < -0.3 is 5.32 Å². The summed E-state index contributed by atoms with van der Waals surface area (Å²) in [5.74, 6) is 0.923. The molecule has 1 aliphatic rings. The molecule has 0 spiro atoms. The van der Waals surface area contributed by atoms with E-state index in [-0.39, 0.29) is 0 Å². The summed E-state index contributed by atoms with van der Waals surface area (Å²) in [5, 5.41) is 7.85. The van der Waals surface area contributed by atoms with E-state index in [4.69, 9.17) is 0 Å². The van der Waals surface area contributed by atoms with Crippen LogP contribution >= 0.6 is 15.9 Å². The van der Waals surface area contributed by atoms with Gasteiger partial charge in [-0.05, 0) is 54.1 Å². The van der Waals surface area contributed by atoms with Crippen LogP contribution in [0.2, 0.25) is 0 Å². The van der Waals surface area contributed by atoms with Crippen LogP contribution in [0.25, 0.3) is 0 Å². The molecule has 1 N–H and O–H groups in total. The van der Waals surface area contributed by atoms with Gasteiger partial charge in [-0.1, -0.05) is 6.92 Å². The molecule has 0 aliphatic heterocycles. The molecule has 0 radical (unpaired) electrons. The topological polar surface area (TPSA) is 29.9 Å². The van der Waals surface area contributed by atoms with Crippen molar-refractivity contribution in [3.8, 4) is 0 Å². The van der Waals surface area contributed by atoms with Crippen molar-refractivity contribution < 1.29 is 0 Å². The molecule has 3 nitrogen and oxygen atoms in total. The maximum Gasteiger partial charge on any atom is 0.0635 e. The predicted octanol–water partition coefficient (Wildman–Crippen LogP) is 2.50. The van der Waals surface area contributed by atoms with E-state index < -0.39 is 0 Å². The molecule has 0 bridgehead atoms. The number of hydrogen-bond acceptors (Lipinski definition) is 2. The summed E-state index contributed by atoms with van der Waals surface area (Å²) in [5.41, 5.74) is 1.31. The fourth-order valence-corrected chi connectivity index (χ4v) is 2.82. The largest absolute Gasteiger partial charge is 0.314 e. The van der Waals surface area contributed by atoms with Crippen molar-refractivity contribution in [1.29, 1.82) is 0 Å². The maximum absolute atomic E-state index is 4.25. The van der Waals surface area contributed by atoms with Gasteiger partial charge in [-0.2, -0.15) is 5.10 Å². The molecule has 1 saturated carbocycles. The molecule has 2 rings (SSSR count). The Morgan fingerprint density at radius 2 is 2.38 bits per heavy atom. The summed E-state index contributed by atoms with van der Waals surface area (Å²) in [6.07, 6.45) is 7.02. The number of nitrogens with one attached hydrogen (secondary N) is 1. The second kappa shape index (κ2) is 5.32. The van der Waals surface area contributed by atoms with Gasteiger partial charge in [0.2, 0.25) is 0 Å². The maximum atomic E-state index is 4.25. The minimum Gasteiger partial charge on any atom is -0.314 e. The van der Waals surface area contributed by atoms with Gasteiger partial charge in [0.15, 0.2) is 0 Å². The van der Waals surface area contributed by atoms with Crippen molar-refractivity contribution in [2.45, 2.75) is 38.6 Å². The summed E-state index contributed by atoms with van der Waals surface area (Å²) in [4.78, 5) is 0. The van der Waals surface area contributed by atoms with Gasteiger partial charge in [-0.3, -0.25) is 4.68 Å². The first kappa shape index (κ1) is 12.1. The lowest BCUT2D eigenvalue weighted by molar-refractivity contribution is 0.441. The van der Waals surface area contributed by atoms with E-state index in [2.05, 4.69) is 33.3 Å². The van der Waals surface area contributed by atoms with Crippen molar-refractivity contribution in [1.82, 2.24) is 15.1 Å². The molecule has 16 heavy (non-hydrogen) atoms. The fourth-order valence-electron chi connectivity index (χ4n) is 2.27. The first-order valence-electron chi connectivity index (χ1n) is 6.12. The molecule has 4 heteroatoms. The number of halogens is 1. The van der Waals surface area contributed by atoms with Crippen LogP contribution in [0, 0.1) is 5.92 Å². The van der Waals surface area contributed by atoms with Gasteiger partial charge in [0.1, 0.15) is 0 Å². The van der Waals surface area contributed by atoms with Crippen molar-refractivity contribution >= 4 is 15.9 Å². The number of nitrogens with zero attached hydrogens (tertiary/aromatic N) is 2. The average molecular weight is 286 g/mol. The summed E-state index contributed by atoms with van der Waals surface area (Å²) >= 11 is 3.56. The standard InChI is InChI=1S/C12H20BrN3/c1-3-14-11(9-4-5-9)6-7-12-10(13)8-15-16(12)2/h8-9,11,14H,3-7H2,1-2H3. The van der Waals surface area contributed by atoms with Crippen LogP contribution in [0.15, 0.2) is 10.7 Å². The van der Waals surface area contributed by atoms with E-state index >= 15 is 0 Å². The minimum absolute atomic E-state index is 0.701. The van der Waals surface area contributed by atoms with Gasteiger partial charge in [0.25, 0.3) is 0 Å². The second-order valence-corrected chi connectivity index (χ2v) is 5.46. The van der Waals surface area contributed by atoms with Gasteiger partial charge in [-0.15, -0.1) is 0 Å². The Hall–Kier alpha value is -0.350. The van der Waals surface area contributed by atoms with Crippen molar-refractivity contribution in [3.63, 3.8) is 0 Å². The lowest BCUT2D eigenvalue weighted by atomic mass is 10.1. The van der Waals surface area contributed by atoms with Crippen LogP contribution in [0.3, 0.4) is 0 Å². The Kier molecular flexibility index (Phi) is 4.03. The molecule has 90 valence electrons. The summed E-state index contributed by atoms with van der Waals surface area (Å²) in [6, 6.07) is 0.701. The van der Waals surface area contributed by atoms with Gasteiger partial charge in [0.05, 0.1) is 16.4 Å². The Bertz CT molecular complexity index is 325. The molecule has 1 aromatic rings. The second-order valence-electron chi connectivity index (χ2n) is 4.60. The Labute approximate surface area is 106 Å². The Morgan fingerprint density at radius 3 is 2.88 bits per heavy atom. The van der Waals surface area contributed by atoms with Crippen LogP contribution in [-0.4, -0.2) is 22.4 Å². The molecular formula is C12H20BrN3. The quantitative estimate of drug-likeness (QED) is 0.870. The van der Waals surface area contributed by atoms with Crippen LogP contribution in [-0.2, 0) is 13.5 Å². The number of rotatable bonds is 6. The molecular weight excluding hydrogens is 266 g/mol. The van der Waals surface area contributed by atoms with Crippen molar-refractivity contribution in [3.05, 3.63) is 16.4 Å². The summed E-state index contributed by atoms with van der Waals surface area (Å²) in [6.45, 7) is 3.27. The zero-order chi connectivity index (χ0) is 11.5. The van der Waals surface area contributed by atoms with Crippen LogP contribution in [0.1, 0.15) is 31.9 Å². The van der Waals surface area contributed by atoms with Crippen molar-refractivity contribution in [2.75, 3.05) is 6.54 Å². The molecule has 0 saturated heterocycles. The highest BCUT2D eigenvalue weighted by molar-refractivity contribution is 9.10. The molecule has 1 aliphatic carbocycles. The fraction of sp³-hybridized carbons (Fsp3) is 0.750. The predicted molar refractivity (Wildman–Crippen MR) is 69.4 cm³/mol. The van der Waals surface area contributed by atoms with Crippen molar-refractivity contribution in [2.24, 2.45) is 13.0 Å². The van der Waals surface area contributed by atoms with Crippen LogP contribution in [0.5, 0.6) is 0 Å². The Balaban J connectivity index is 1.89. The van der Waals surface area contributed by atoms with E-state index in [0.717, 1.165) is 23.4 Å². The monoisotopic (exact) mass is 285 g/mol. The van der Waals surface area contributed by atoms with E-state index in [1.165, 1.54) is 25.0 Å². The minimum atomic E-state index is 0.701. The van der Waals surface area contributed by atoms with Crippen LogP contribution < -0.4 is 5.32 Å². The third kappa shape index (κ3) is 2.86. The zero-order valence-electron chi connectivity index (χ0n) is 10.0. The molecule has 1 atom stereocenters. The van der Waals surface area contributed by atoms with E-state index in [1.54, 1.807) is 0 Å². The normalized spacial score (nSPS) is 17.7. The Morgan fingerprint density at radius 1 is 1.62 bits per heavy atom. The zero-order valence-corrected chi connectivity index (χ0v) is 11.6. The van der Waals surface area contributed by atoms with Gasteiger partial charge in [0, 0.05) is 13.1 Å². The molecule has 1 unspecified atom stereocenters. The van der Waals surface area contributed by atoms with Crippen LogP contribution in [0.4, 0.5) is 0 Å². The van der Waals surface area contributed by atoms with E-state index in [1.807, 2.05) is 17.9 Å². The highest BCUT2D eigenvalue weighted by Gasteiger charge is 2.30. The molecule has 0 amide bonds. The summed E-state index contributed by atoms with van der Waals surface area (Å²) in [7, 11) is 2.01. The molecule has 1 fully saturated rings. The molecule has 1 heterocycles. The lowest BCUT2D eigenvalue weighted by Gasteiger charge is -2.17. The first-order chi connectivity index (χ1) is 7.72. The SMILES string of the molecule is CCNC(CCc1c(Br)cnn1C)C1CC1. The number of aromatic nitrogens is 2. The van der Waals surface area contributed by atoms with E-state index in [0.29, 0.717) is 6.04 Å². The number of aryl methyl sites for hydroxylation is 1. The first-order valence-corrected chi connectivity index (χ1v) is 6.91.